The molecule has 1 saturated heterocycles. The van der Waals surface area contributed by atoms with E-state index >= 15 is 0 Å². The highest BCUT2D eigenvalue weighted by Gasteiger charge is 2.48. The van der Waals surface area contributed by atoms with E-state index in [4.69, 9.17) is 24.7 Å². The molecule has 0 saturated carbocycles. The number of amides is 1. The maximum Gasteiger partial charge on any atom is 0.490 e. The molecule has 0 bridgehead atoms. The van der Waals surface area contributed by atoms with Crippen molar-refractivity contribution in [2.75, 3.05) is 63.8 Å². The number of nitrogens with two attached hydrogens (primary N) is 1. The molecule has 0 radical (unpaired) electrons. The van der Waals surface area contributed by atoms with Crippen molar-refractivity contribution in [3.8, 4) is 22.5 Å². The summed E-state index contributed by atoms with van der Waals surface area (Å²) in [6.07, 6.45) is -2.95. The van der Waals surface area contributed by atoms with Crippen LogP contribution in [0, 0.1) is 0 Å². The Balaban J connectivity index is 0.978. The molecule has 4 heterocycles. The number of fused-ring (bicyclic) bond motifs is 3. The average molecular weight is 1030 g/mol. The van der Waals surface area contributed by atoms with Crippen LogP contribution in [0.1, 0.15) is 52.6 Å². The number of aliphatic hydroxyl groups excluding tert-OH is 2. The molecule has 7 rings (SSSR count). The van der Waals surface area contributed by atoms with E-state index in [9.17, 15) is 48.4 Å². The number of carbonyl (C=O) groups is 2. The number of aromatic nitrogens is 4. The zero-order valence-corrected chi connectivity index (χ0v) is 40.5. The van der Waals surface area contributed by atoms with Gasteiger partial charge in [0.1, 0.15) is 50.1 Å². The van der Waals surface area contributed by atoms with E-state index in [1.54, 1.807) is 6.07 Å². The number of carboxylic acid groups (broad SMARTS) is 1. The van der Waals surface area contributed by atoms with Gasteiger partial charge in [-0.05, 0) is 54.8 Å². The topological polar surface area (TPSA) is 377 Å². The zero-order chi connectivity index (χ0) is 50.9. The van der Waals surface area contributed by atoms with Gasteiger partial charge in [0.05, 0.1) is 18.2 Å². The Kier molecular flexibility index (Phi) is 15.6. The molecule has 1 aliphatic carbocycles. The minimum Gasteiger partial charge on any atom is -0.478 e. The molecule has 1 amide bonds. The molecule has 29 heteroatoms. The van der Waals surface area contributed by atoms with E-state index in [1.165, 1.54) is 16.7 Å². The average Bonchev–Trinajstić information content (AvgIpc) is 3.78. The van der Waals surface area contributed by atoms with Crippen LogP contribution in [0.25, 0.3) is 44.6 Å². The summed E-state index contributed by atoms with van der Waals surface area (Å²) in [6, 6.07) is 15.9. The summed E-state index contributed by atoms with van der Waals surface area (Å²) in [5.41, 5.74) is 9.56. The minimum absolute atomic E-state index is 0.0145. The third kappa shape index (κ3) is 11.9. The molecule has 2 aromatic carbocycles. The van der Waals surface area contributed by atoms with Crippen molar-refractivity contribution < 1.29 is 80.5 Å². The summed E-state index contributed by atoms with van der Waals surface area (Å²) >= 11 is 0. The van der Waals surface area contributed by atoms with Gasteiger partial charge in [0.2, 0.25) is 11.3 Å². The van der Waals surface area contributed by atoms with Crippen molar-refractivity contribution >= 4 is 74.9 Å². The first kappa shape index (κ1) is 52.1. The number of nitrogens with one attached hydrogen (secondary N) is 2. The van der Waals surface area contributed by atoms with Crippen LogP contribution in [-0.4, -0.2) is 132 Å². The number of aliphatic hydroxyl groups is 2. The molecular weight excluding hydrogens is 983 g/mol. The molecular formula is C41H51N9O17P3+. The second-order valence-corrected chi connectivity index (χ2v) is 20.9. The van der Waals surface area contributed by atoms with Crippen molar-refractivity contribution in [2.24, 2.45) is 0 Å². The number of hydrogen-bond donors (Lipinski definition) is 10. The zero-order valence-electron chi connectivity index (χ0n) is 37.8. The van der Waals surface area contributed by atoms with Gasteiger partial charge < -0.3 is 65.3 Å². The number of nitrogens with zero attached hydrogens (tertiary/aromatic N) is 6. The molecule has 0 spiro atoms. The summed E-state index contributed by atoms with van der Waals surface area (Å²) in [4.78, 5) is 77.6. The molecule has 2 unspecified atom stereocenters. The molecule has 4 aromatic rings. The number of unbranched alkanes of at least 4 members (excludes halogenated alkanes) is 3. The Morgan fingerprint density at radius 1 is 0.886 bits per heavy atom. The molecule has 1 fully saturated rings. The highest BCUT2D eigenvalue weighted by molar-refractivity contribution is 7.66. The van der Waals surface area contributed by atoms with Gasteiger partial charge in [-0.1, -0.05) is 12.8 Å². The lowest BCUT2D eigenvalue weighted by molar-refractivity contribution is -0.0493. The predicted octanol–water partition coefficient (Wildman–Crippen LogP) is 3.09. The number of aromatic carboxylic acids is 1. The molecule has 3 aliphatic rings. The standard InChI is InChI=1S/C41H50N9O17P3/c1-48(2)23-10-13-26-29(18-23)64-30-19-24(49(3)4)11-14-27(30)32(26)28-17-22(9-12-25(28)40(54)55)38(53)43-15-7-5-6-8-16-44-41-47-33-36(42)45-21-46-37(33)50(41)39-35(52)34(51)31(65-39)20-63-69(59,60)67-70(61,62)66-68(56,57)58/h9-14,17-19,21,31,34-35,39,51-52H,5-8,15-16,20H2,1-4H3,(H8-,42,43,44,45,46,47,53,54,55,56,57,58,59,60,61,62)/p+1/t31-,34-,35-,39-/m1/s1. The van der Waals surface area contributed by atoms with Gasteiger partial charge in [-0.2, -0.15) is 8.62 Å². The van der Waals surface area contributed by atoms with E-state index in [1.807, 2.05) is 74.1 Å². The largest absolute Gasteiger partial charge is 0.490 e. The maximum atomic E-state index is 13.6. The summed E-state index contributed by atoms with van der Waals surface area (Å²) in [5, 5.41) is 39.8. The van der Waals surface area contributed by atoms with Gasteiger partial charge in [-0.25, -0.2) is 38.0 Å². The van der Waals surface area contributed by atoms with Crippen molar-refractivity contribution in [2.45, 2.75) is 50.2 Å². The quantitative estimate of drug-likeness (QED) is 0.0227. The smallest absolute Gasteiger partial charge is 0.478 e. The number of benzene rings is 3. The third-order valence-corrected chi connectivity index (χ3v) is 14.9. The van der Waals surface area contributed by atoms with Crippen LogP contribution in [-0.2, 0) is 31.6 Å². The van der Waals surface area contributed by atoms with Crippen LogP contribution >= 0.6 is 23.5 Å². The number of phosphoric ester groups is 1. The molecule has 26 nitrogen and oxygen atoms in total. The number of nitrogen functional groups attached to an aromatic ring is 1. The van der Waals surface area contributed by atoms with Crippen LogP contribution in [0.4, 0.5) is 17.5 Å². The normalized spacial score (nSPS) is 19.0. The first-order valence-corrected chi connectivity index (χ1v) is 25.8. The van der Waals surface area contributed by atoms with Crippen molar-refractivity contribution in [1.82, 2.24) is 29.4 Å². The Morgan fingerprint density at radius 2 is 1.61 bits per heavy atom. The summed E-state index contributed by atoms with van der Waals surface area (Å²) in [7, 11) is -9.43. The number of anilines is 3. The number of rotatable bonds is 20. The number of imidazole rings is 1. The lowest BCUT2D eigenvalue weighted by Gasteiger charge is -2.20. The van der Waals surface area contributed by atoms with Crippen LogP contribution in [0.3, 0.4) is 0 Å². The Hall–Kier alpha value is -5.69. The molecule has 2 aromatic heterocycles. The molecule has 6 atom stereocenters. The number of carboxylic acids is 1. The summed E-state index contributed by atoms with van der Waals surface area (Å²) in [5.74, 6) is -0.963. The molecule has 2 aliphatic heterocycles. The van der Waals surface area contributed by atoms with E-state index in [2.05, 4.69) is 38.7 Å². The van der Waals surface area contributed by atoms with Gasteiger partial charge in [0.25, 0.3) is 5.91 Å². The van der Waals surface area contributed by atoms with Crippen LogP contribution < -0.4 is 31.2 Å². The van der Waals surface area contributed by atoms with E-state index < -0.39 is 66.5 Å². The van der Waals surface area contributed by atoms with E-state index in [0.717, 1.165) is 17.4 Å². The third-order valence-electron chi connectivity index (χ3n) is 11.1. The van der Waals surface area contributed by atoms with Crippen LogP contribution in [0.2, 0.25) is 0 Å². The lowest BCUT2D eigenvalue weighted by Crippen LogP contribution is -2.33. The highest BCUT2D eigenvalue weighted by atomic mass is 31.3. The lowest BCUT2D eigenvalue weighted by atomic mass is 9.89. The van der Waals surface area contributed by atoms with Crippen molar-refractivity contribution in [3.63, 3.8) is 0 Å². The predicted molar refractivity (Wildman–Crippen MR) is 251 cm³/mol. The fourth-order valence-electron chi connectivity index (χ4n) is 7.74. The van der Waals surface area contributed by atoms with Crippen molar-refractivity contribution in [3.05, 3.63) is 77.4 Å². The SMILES string of the molecule is CN(C)c1ccc2c(-c3cc(C(=O)NCCCCCCNc4nc5c(N)ncnc5n4[C@@H]4O[C@H](COP(=O)(O)OP(=O)(O)OP(=O)(O)O)[C@@H](O)[C@H]4O)ccc3C(=O)O)c3ccc(=[N+](C)C)cc-3oc2c1. The van der Waals surface area contributed by atoms with Crippen LogP contribution in [0.5, 0.6) is 0 Å². The minimum atomic E-state index is -5.82. The van der Waals surface area contributed by atoms with Gasteiger partial charge in [0, 0.05) is 67.1 Å². The van der Waals surface area contributed by atoms with Crippen LogP contribution in [0.15, 0.2) is 65.3 Å². The van der Waals surface area contributed by atoms with E-state index in [0.29, 0.717) is 72.2 Å². The summed E-state index contributed by atoms with van der Waals surface area (Å²) in [6.45, 7) is -0.417. The Labute approximate surface area is 397 Å². The fraction of sp³-hybridized carbons (Fsp3) is 0.366. The monoisotopic (exact) mass is 1030 g/mol. The fourth-order valence-corrected chi connectivity index (χ4v) is 10.8. The molecule has 376 valence electrons. The first-order chi connectivity index (χ1) is 32.9. The number of carbonyl (C=O) groups excluding carboxylic acids is 1. The van der Waals surface area contributed by atoms with Crippen molar-refractivity contribution in [1.29, 1.82) is 0 Å². The van der Waals surface area contributed by atoms with Gasteiger partial charge >= 0.3 is 29.4 Å². The first-order valence-electron chi connectivity index (χ1n) is 21.3. The highest BCUT2D eigenvalue weighted by Crippen LogP contribution is 2.66. The van der Waals surface area contributed by atoms with Gasteiger partial charge in [-0.15, -0.1) is 0 Å². The number of ether oxygens (including phenoxy) is 1. The molecule has 70 heavy (non-hydrogen) atoms. The number of phosphoric acid groups is 3. The van der Waals surface area contributed by atoms with Gasteiger partial charge in [-0.3, -0.25) is 13.9 Å². The second kappa shape index (κ2) is 21.0. The van der Waals surface area contributed by atoms with Gasteiger partial charge in [0.15, 0.2) is 23.2 Å². The number of hydrogen-bond acceptors (Lipinski definition) is 18. The Bertz CT molecular complexity index is 3140. The van der Waals surface area contributed by atoms with E-state index in [-0.39, 0.29) is 34.1 Å². The summed E-state index contributed by atoms with van der Waals surface area (Å²) < 4.78 is 62.4. The Morgan fingerprint density at radius 3 is 2.30 bits per heavy atom. The molecule has 11 N–H and O–H groups in total. The second-order valence-electron chi connectivity index (χ2n) is 16.5. The maximum absolute atomic E-state index is 13.6.